The normalized spacial score (nSPS) is 10.6. The van der Waals surface area contributed by atoms with E-state index in [9.17, 15) is 0 Å². The summed E-state index contributed by atoms with van der Waals surface area (Å²) >= 11 is 0. The highest BCUT2D eigenvalue weighted by Crippen LogP contribution is 2.23. The molecule has 4 heteroatoms. The minimum Gasteiger partial charge on any atom is -0.308 e. The average Bonchev–Trinajstić information content (AvgIpc) is 2.40. The van der Waals surface area contributed by atoms with Crippen molar-refractivity contribution in [3.8, 4) is 11.4 Å². The van der Waals surface area contributed by atoms with Gasteiger partial charge in [0.2, 0.25) is 0 Å². The maximum Gasteiger partial charge on any atom is 0.161 e. The van der Waals surface area contributed by atoms with Crippen molar-refractivity contribution in [1.82, 2.24) is 9.97 Å². The summed E-state index contributed by atoms with van der Waals surface area (Å²) in [6, 6.07) is 6.24. The van der Waals surface area contributed by atoms with Crippen LogP contribution < -0.4 is 11.3 Å². The van der Waals surface area contributed by atoms with Crippen LogP contribution in [0.25, 0.3) is 11.4 Å². The minimum atomic E-state index is 0.711. The largest absolute Gasteiger partial charge is 0.308 e. The van der Waals surface area contributed by atoms with Gasteiger partial charge in [0.25, 0.3) is 0 Å². The summed E-state index contributed by atoms with van der Waals surface area (Å²) in [4.78, 5) is 9.10. The molecule has 0 aliphatic heterocycles. The van der Waals surface area contributed by atoms with Gasteiger partial charge in [-0.05, 0) is 44.4 Å². The van der Waals surface area contributed by atoms with E-state index in [4.69, 9.17) is 5.84 Å². The second-order valence-electron chi connectivity index (χ2n) is 4.76. The summed E-state index contributed by atoms with van der Waals surface area (Å²) in [5, 5.41) is 0. The molecule has 19 heavy (non-hydrogen) atoms. The Hall–Kier alpha value is -1.94. The first kappa shape index (κ1) is 13.5. The molecule has 3 N–H and O–H groups in total. The Balaban J connectivity index is 2.56. The summed E-state index contributed by atoms with van der Waals surface area (Å²) in [5.41, 5.74) is 8.23. The van der Waals surface area contributed by atoms with Crippen LogP contribution in [-0.2, 0) is 6.42 Å². The van der Waals surface area contributed by atoms with E-state index in [1.807, 2.05) is 13.0 Å². The van der Waals surface area contributed by atoms with Gasteiger partial charge < -0.3 is 5.43 Å². The number of hydrazine groups is 1. The van der Waals surface area contributed by atoms with Gasteiger partial charge in [0.1, 0.15) is 5.82 Å². The van der Waals surface area contributed by atoms with Crippen LogP contribution in [0, 0.1) is 20.8 Å². The Morgan fingerprint density at radius 3 is 2.42 bits per heavy atom. The molecule has 1 heterocycles. The van der Waals surface area contributed by atoms with Crippen molar-refractivity contribution < 1.29 is 0 Å². The minimum absolute atomic E-state index is 0.711. The van der Waals surface area contributed by atoms with Gasteiger partial charge in [0.15, 0.2) is 5.82 Å². The van der Waals surface area contributed by atoms with Crippen LogP contribution in [0.3, 0.4) is 0 Å². The Morgan fingerprint density at radius 1 is 1.11 bits per heavy atom. The number of anilines is 1. The summed E-state index contributed by atoms with van der Waals surface area (Å²) in [6.45, 7) is 8.25. The van der Waals surface area contributed by atoms with Gasteiger partial charge >= 0.3 is 0 Å². The number of nitrogens with two attached hydrogens (primary N) is 1. The summed E-state index contributed by atoms with van der Waals surface area (Å²) in [5.74, 6) is 6.98. The molecule has 0 radical (unpaired) electrons. The van der Waals surface area contributed by atoms with Gasteiger partial charge in [-0.2, -0.15) is 0 Å². The topological polar surface area (TPSA) is 63.8 Å². The SMILES string of the molecule is CCc1c(C)nc(-c2ccc(C)c(C)c2)nc1NN. The number of hydrogen-bond donors (Lipinski definition) is 2. The molecular weight excluding hydrogens is 236 g/mol. The fourth-order valence-electron chi connectivity index (χ4n) is 2.15. The Morgan fingerprint density at radius 2 is 1.84 bits per heavy atom. The number of nitrogens with one attached hydrogen (secondary N) is 1. The average molecular weight is 256 g/mol. The smallest absolute Gasteiger partial charge is 0.161 e. The Bertz CT molecular complexity index is 605. The molecule has 0 aliphatic rings. The fourth-order valence-corrected chi connectivity index (χ4v) is 2.15. The van der Waals surface area contributed by atoms with Crippen LogP contribution in [0.1, 0.15) is 29.3 Å². The van der Waals surface area contributed by atoms with Gasteiger partial charge in [-0.15, -0.1) is 0 Å². The second kappa shape index (κ2) is 5.36. The number of aryl methyl sites for hydroxylation is 3. The number of rotatable bonds is 3. The van der Waals surface area contributed by atoms with Gasteiger partial charge in [-0.25, -0.2) is 15.8 Å². The van der Waals surface area contributed by atoms with Crippen molar-refractivity contribution >= 4 is 5.82 Å². The highest BCUT2D eigenvalue weighted by atomic mass is 15.3. The molecule has 1 aromatic heterocycles. The molecule has 0 aliphatic carbocycles. The molecule has 100 valence electrons. The third-order valence-electron chi connectivity index (χ3n) is 3.47. The van der Waals surface area contributed by atoms with Gasteiger partial charge in [0, 0.05) is 16.8 Å². The summed E-state index contributed by atoms with van der Waals surface area (Å²) in [6.07, 6.45) is 0.860. The molecule has 2 aromatic rings. The highest BCUT2D eigenvalue weighted by molar-refractivity contribution is 5.61. The summed E-state index contributed by atoms with van der Waals surface area (Å²) in [7, 11) is 0. The number of benzene rings is 1. The third-order valence-corrected chi connectivity index (χ3v) is 3.47. The Kier molecular flexibility index (Phi) is 3.81. The molecule has 0 unspecified atom stereocenters. The first-order valence-corrected chi connectivity index (χ1v) is 6.48. The van der Waals surface area contributed by atoms with Gasteiger partial charge in [-0.1, -0.05) is 19.1 Å². The molecule has 0 spiro atoms. The van der Waals surface area contributed by atoms with Crippen molar-refractivity contribution in [2.45, 2.75) is 34.1 Å². The number of nitrogen functional groups attached to an aromatic ring is 1. The first-order chi connectivity index (χ1) is 9.06. The van der Waals surface area contributed by atoms with E-state index < -0.39 is 0 Å². The maximum atomic E-state index is 5.56. The first-order valence-electron chi connectivity index (χ1n) is 6.48. The Labute approximate surface area is 114 Å². The van der Waals surface area contributed by atoms with Crippen LogP contribution in [0.15, 0.2) is 18.2 Å². The zero-order chi connectivity index (χ0) is 14.0. The third kappa shape index (κ3) is 2.58. The van der Waals surface area contributed by atoms with E-state index in [0.717, 1.165) is 23.2 Å². The lowest BCUT2D eigenvalue weighted by molar-refractivity contribution is 0.994. The molecule has 1 aromatic carbocycles. The van der Waals surface area contributed by atoms with E-state index >= 15 is 0 Å². The predicted octanol–water partition coefficient (Wildman–Crippen LogP) is 2.92. The lowest BCUT2D eigenvalue weighted by Gasteiger charge is -2.12. The second-order valence-corrected chi connectivity index (χ2v) is 4.76. The van der Waals surface area contributed by atoms with Gasteiger partial charge in [-0.3, -0.25) is 0 Å². The van der Waals surface area contributed by atoms with Crippen molar-refractivity contribution in [2.24, 2.45) is 5.84 Å². The van der Waals surface area contributed by atoms with Crippen LogP contribution >= 0.6 is 0 Å². The quantitative estimate of drug-likeness (QED) is 0.654. The maximum absolute atomic E-state index is 5.56. The zero-order valence-corrected chi connectivity index (χ0v) is 11.9. The molecule has 0 fully saturated rings. The van der Waals surface area contributed by atoms with Gasteiger partial charge in [0.05, 0.1) is 0 Å². The predicted molar refractivity (Wildman–Crippen MR) is 78.9 cm³/mol. The van der Waals surface area contributed by atoms with Crippen LogP contribution in [0.5, 0.6) is 0 Å². The van der Waals surface area contributed by atoms with E-state index in [1.54, 1.807) is 0 Å². The highest BCUT2D eigenvalue weighted by Gasteiger charge is 2.11. The standard InChI is InChI=1S/C15H20N4/c1-5-13-11(4)17-14(18-15(13)19-16)12-7-6-9(2)10(3)8-12/h6-8H,5,16H2,1-4H3,(H,17,18,19). The van der Waals surface area contributed by atoms with Crippen LogP contribution in [-0.4, -0.2) is 9.97 Å². The number of hydrogen-bond acceptors (Lipinski definition) is 4. The van der Waals surface area contributed by atoms with E-state index in [-0.39, 0.29) is 0 Å². The molecular formula is C15H20N4. The fraction of sp³-hybridized carbons (Fsp3) is 0.333. The summed E-state index contributed by atoms with van der Waals surface area (Å²) < 4.78 is 0. The number of aromatic nitrogens is 2. The monoisotopic (exact) mass is 256 g/mol. The molecule has 2 rings (SSSR count). The van der Waals surface area contributed by atoms with Crippen molar-refractivity contribution in [3.05, 3.63) is 40.6 Å². The van der Waals surface area contributed by atoms with Crippen LogP contribution in [0.4, 0.5) is 5.82 Å². The van der Waals surface area contributed by atoms with Crippen LogP contribution in [0.2, 0.25) is 0 Å². The number of nitrogens with zero attached hydrogens (tertiary/aromatic N) is 2. The van der Waals surface area contributed by atoms with E-state index in [1.165, 1.54) is 11.1 Å². The molecule has 0 atom stereocenters. The van der Waals surface area contributed by atoms with Crippen molar-refractivity contribution in [3.63, 3.8) is 0 Å². The van der Waals surface area contributed by atoms with Crippen molar-refractivity contribution in [2.75, 3.05) is 5.43 Å². The van der Waals surface area contributed by atoms with Crippen molar-refractivity contribution in [1.29, 1.82) is 0 Å². The molecule has 0 bridgehead atoms. The van der Waals surface area contributed by atoms with E-state index in [2.05, 4.69) is 48.3 Å². The lowest BCUT2D eigenvalue weighted by Crippen LogP contribution is -2.13. The lowest BCUT2D eigenvalue weighted by atomic mass is 10.1. The molecule has 0 amide bonds. The van der Waals surface area contributed by atoms with E-state index in [0.29, 0.717) is 11.6 Å². The zero-order valence-electron chi connectivity index (χ0n) is 11.9. The molecule has 0 saturated heterocycles. The molecule has 0 saturated carbocycles. The molecule has 4 nitrogen and oxygen atoms in total.